The van der Waals surface area contributed by atoms with Crippen molar-refractivity contribution < 1.29 is 50.4 Å². The second kappa shape index (κ2) is 37.3. The van der Waals surface area contributed by atoms with Crippen LogP contribution < -0.4 is 10.6 Å². The first-order valence-electron chi connectivity index (χ1n) is 21.6. The molecule has 0 aliphatic heterocycles. The Morgan fingerprint density at radius 3 is 1.64 bits per heavy atom. The lowest BCUT2D eigenvalue weighted by atomic mass is 9.96. The molecule has 0 saturated heterocycles. The zero-order valence-electron chi connectivity index (χ0n) is 36.9. The average Bonchev–Trinajstić information content (AvgIpc) is 3.22. The van der Waals surface area contributed by atoms with Gasteiger partial charge in [-0.2, -0.15) is 11.8 Å². The average molecular weight is 885 g/mol. The van der Waals surface area contributed by atoms with Crippen LogP contribution in [0.1, 0.15) is 85.6 Å². The molecule has 1 aromatic rings. The summed E-state index contributed by atoms with van der Waals surface area (Å²) in [4.78, 5) is 24.6. The predicted molar refractivity (Wildman–Crippen MR) is 243 cm³/mol. The van der Waals surface area contributed by atoms with E-state index in [-0.39, 0.29) is 13.2 Å². The molecule has 0 aliphatic carbocycles. The molecule has 59 heavy (non-hydrogen) atoms. The standard InChI is InChI=1S/C43H76N2O11SSi2/c1-7-51-58(52-8-2,53-9-3)38-22-30-44-42(46)49-33-19-14-17-26-41(29-36-57-37-35-48-32-21-28-40-24-15-13-16-25-40)27-18-20-34-50-43(47)45-31-23-39-59(54-10-4,55-11-5)56-12-6/h13-16,18-21,24-25,28,41H,7-12,17,22-23,26-27,29-39H2,1-6H3,(H,44,46)(H,45,47). The van der Waals surface area contributed by atoms with Crippen LogP contribution in [0, 0.1) is 5.92 Å². The number of amides is 2. The van der Waals surface area contributed by atoms with Crippen molar-refractivity contribution in [3.05, 3.63) is 66.3 Å². The Kier molecular flexibility index (Phi) is 34.4. The molecule has 1 rings (SSSR count). The summed E-state index contributed by atoms with van der Waals surface area (Å²) in [5.41, 5.74) is 1.17. The zero-order valence-corrected chi connectivity index (χ0v) is 39.7. The minimum absolute atomic E-state index is 0.201. The Morgan fingerprint density at radius 1 is 0.627 bits per heavy atom. The van der Waals surface area contributed by atoms with Crippen LogP contribution in [-0.4, -0.2) is 120 Å². The summed E-state index contributed by atoms with van der Waals surface area (Å²) in [6, 6.07) is 11.5. The van der Waals surface area contributed by atoms with Gasteiger partial charge in [0.25, 0.3) is 0 Å². The maximum atomic E-state index is 12.3. The summed E-state index contributed by atoms with van der Waals surface area (Å²) in [5.74, 6) is 2.41. The largest absolute Gasteiger partial charge is 0.500 e. The number of nitrogens with one attached hydrogen (secondary N) is 2. The molecule has 13 nitrogen and oxygen atoms in total. The number of thioether (sulfide) groups is 1. The number of alkyl carbamates (subject to hydrolysis) is 2. The third kappa shape index (κ3) is 28.6. The minimum Gasteiger partial charge on any atom is -0.445 e. The van der Waals surface area contributed by atoms with E-state index < -0.39 is 29.8 Å². The van der Waals surface area contributed by atoms with Gasteiger partial charge in [-0.3, -0.25) is 0 Å². The van der Waals surface area contributed by atoms with Crippen LogP contribution in [0.15, 0.2) is 60.7 Å². The highest BCUT2D eigenvalue weighted by molar-refractivity contribution is 7.99. The first-order chi connectivity index (χ1) is 28.8. The van der Waals surface area contributed by atoms with Gasteiger partial charge in [-0.05, 0) is 97.3 Å². The minimum atomic E-state index is -2.73. The van der Waals surface area contributed by atoms with E-state index >= 15 is 0 Å². The van der Waals surface area contributed by atoms with Gasteiger partial charge in [0.1, 0.15) is 13.2 Å². The van der Waals surface area contributed by atoms with E-state index in [1.54, 1.807) is 0 Å². The molecule has 16 heteroatoms. The van der Waals surface area contributed by atoms with Crippen LogP contribution in [0.4, 0.5) is 9.59 Å². The number of carbonyl (C=O) groups is 2. The van der Waals surface area contributed by atoms with E-state index in [9.17, 15) is 9.59 Å². The summed E-state index contributed by atoms with van der Waals surface area (Å²) >= 11 is 1.90. The number of ether oxygens (including phenoxy) is 3. The van der Waals surface area contributed by atoms with E-state index in [0.717, 1.165) is 37.2 Å². The number of carbonyl (C=O) groups excluding carboxylic acids is 2. The molecule has 1 aromatic carbocycles. The molecular weight excluding hydrogens is 809 g/mol. The zero-order chi connectivity index (χ0) is 43.1. The van der Waals surface area contributed by atoms with Crippen molar-refractivity contribution in [2.45, 2.75) is 92.2 Å². The Morgan fingerprint density at radius 2 is 1.14 bits per heavy atom. The third-order valence-corrected chi connectivity index (χ3v) is 15.9. The highest BCUT2D eigenvalue weighted by atomic mass is 32.2. The lowest BCUT2D eigenvalue weighted by Crippen LogP contribution is -2.46. The van der Waals surface area contributed by atoms with E-state index in [1.165, 1.54) is 5.56 Å². The van der Waals surface area contributed by atoms with Gasteiger partial charge < -0.3 is 51.4 Å². The molecule has 0 heterocycles. The molecule has 0 aromatic heterocycles. The Balaban J connectivity index is 2.49. The molecule has 1 unspecified atom stereocenters. The molecule has 0 aliphatic rings. The van der Waals surface area contributed by atoms with E-state index in [4.69, 9.17) is 40.8 Å². The first-order valence-corrected chi connectivity index (χ1v) is 26.6. The molecule has 2 N–H and O–H groups in total. The Bertz CT molecular complexity index is 1230. The van der Waals surface area contributed by atoms with Crippen LogP contribution in [0.5, 0.6) is 0 Å². The normalized spacial score (nSPS) is 12.8. The molecule has 338 valence electrons. The monoisotopic (exact) mass is 884 g/mol. The van der Waals surface area contributed by atoms with Crippen molar-refractivity contribution in [3.8, 4) is 0 Å². The predicted octanol–water partition coefficient (Wildman–Crippen LogP) is 9.07. The molecule has 0 bridgehead atoms. The van der Waals surface area contributed by atoms with Crippen molar-refractivity contribution in [3.63, 3.8) is 0 Å². The smallest absolute Gasteiger partial charge is 0.445 e. The van der Waals surface area contributed by atoms with Crippen molar-refractivity contribution >= 4 is 47.6 Å². The lowest BCUT2D eigenvalue weighted by molar-refractivity contribution is 0.0700. The Hall–Kier alpha value is -2.52. The van der Waals surface area contributed by atoms with E-state index in [0.29, 0.717) is 96.8 Å². The van der Waals surface area contributed by atoms with Crippen molar-refractivity contribution in [2.24, 2.45) is 5.92 Å². The van der Waals surface area contributed by atoms with Gasteiger partial charge >= 0.3 is 29.8 Å². The lowest BCUT2D eigenvalue weighted by Gasteiger charge is -2.28. The number of hydrogen-bond donors (Lipinski definition) is 2. The fourth-order valence-corrected chi connectivity index (χ4v) is 12.1. The van der Waals surface area contributed by atoms with Crippen molar-refractivity contribution in [1.29, 1.82) is 0 Å². The van der Waals surface area contributed by atoms with E-state index in [1.807, 2.05) is 89.7 Å². The van der Waals surface area contributed by atoms with Gasteiger partial charge in [-0.25, -0.2) is 9.59 Å². The van der Waals surface area contributed by atoms with Crippen molar-refractivity contribution in [1.82, 2.24) is 10.6 Å². The van der Waals surface area contributed by atoms with Crippen LogP contribution in [0.2, 0.25) is 12.1 Å². The maximum absolute atomic E-state index is 12.3. The number of allylic oxidation sites excluding steroid dienone is 2. The molecule has 1 atom stereocenters. The summed E-state index contributed by atoms with van der Waals surface area (Å²) in [5, 5.41) is 5.62. The number of benzene rings is 1. The van der Waals surface area contributed by atoms with Gasteiger partial charge in [-0.15, -0.1) is 0 Å². The molecule has 0 radical (unpaired) electrons. The summed E-state index contributed by atoms with van der Waals surface area (Å²) in [7, 11) is -5.46. The summed E-state index contributed by atoms with van der Waals surface area (Å²) in [6.45, 7) is 17.3. The maximum Gasteiger partial charge on any atom is 0.500 e. The van der Waals surface area contributed by atoms with Crippen LogP contribution in [-0.2, 0) is 40.8 Å². The second-order valence-electron chi connectivity index (χ2n) is 13.1. The fourth-order valence-electron chi connectivity index (χ4n) is 5.97. The van der Waals surface area contributed by atoms with Crippen molar-refractivity contribution in [2.75, 3.05) is 90.7 Å². The molecular formula is C43H76N2O11SSi2. The third-order valence-electron chi connectivity index (χ3n) is 8.58. The summed E-state index contributed by atoms with van der Waals surface area (Å²) in [6.07, 6.45) is 16.3. The van der Waals surface area contributed by atoms with Gasteiger partial charge in [0.2, 0.25) is 0 Å². The van der Waals surface area contributed by atoms with Gasteiger partial charge in [0.05, 0.1) is 13.2 Å². The Labute approximate surface area is 362 Å². The van der Waals surface area contributed by atoms with Crippen LogP contribution >= 0.6 is 11.8 Å². The quantitative estimate of drug-likeness (QED) is 0.0372. The van der Waals surface area contributed by atoms with Crippen LogP contribution in [0.25, 0.3) is 6.08 Å². The topological polar surface area (TPSA) is 141 Å². The molecule has 2 amide bonds. The molecule has 0 fully saturated rings. The highest BCUT2D eigenvalue weighted by Crippen LogP contribution is 2.21. The second-order valence-corrected chi connectivity index (χ2v) is 19.8. The van der Waals surface area contributed by atoms with E-state index in [2.05, 4.69) is 41.0 Å². The first kappa shape index (κ1) is 54.5. The number of rotatable bonds is 38. The SMILES string of the molecule is CCO[Si](CCCNC(=O)OCC=CCCC(CC=CCOC(=O)NCCC[Si](OCC)(OCC)OCC)CCSCCOCC=Cc1ccccc1)(OCC)OCC. The molecule has 0 saturated carbocycles. The van der Waals surface area contributed by atoms with Gasteiger partial charge in [0, 0.05) is 70.6 Å². The fraction of sp³-hybridized carbons (Fsp3) is 0.674. The van der Waals surface area contributed by atoms with Crippen LogP contribution in [0.3, 0.4) is 0 Å². The highest BCUT2D eigenvalue weighted by Gasteiger charge is 2.40. The van der Waals surface area contributed by atoms with Gasteiger partial charge in [-0.1, -0.05) is 66.8 Å². The number of hydrogen-bond acceptors (Lipinski definition) is 12. The van der Waals surface area contributed by atoms with Gasteiger partial charge in [0.15, 0.2) is 0 Å². The summed E-state index contributed by atoms with van der Waals surface area (Å²) < 4.78 is 51.8. The molecule has 0 spiro atoms.